The van der Waals surface area contributed by atoms with Gasteiger partial charge in [0.1, 0.15) is 5.76 Å². The summed E-state index contributed by atoms with van der Waals surface area (Å²) in [7, 11) is 0. The minimum Gasteiger partial charge on any atom is -0.480 e. The van der Waals surface area contributed by atoms with Crippen molar-refractivity contribution in [2.45, 2.75) is 19.4 Å². The highest BCUT2D eigenvalue weighted by Crippen LogP contribution is 2.25. The minimum absolute atomic E-state index is 0.0343. The second kappa shape index (κ2) is 4.50. The molecule has 3 nitrogen and oxygen atoms in total. The van der Waals surface area contributed by atoms with Gasteiger partial charge in [-0.25, -0.2) is 0 Å². The van der Waals surface area contributed by atoms with E-state index in [2.05, 4.69) is 6.07 Å². The van der Waals surface area contributed by atoms with Crippen LogP contribution in [-0.4, -0.2) is 11.4 Å². The van der Waals surface area contributed by atoms with Crippen LogP contribution >= 0.6 is 0 Å². The van der Waals surface area contributed by atoms with Crippen LogP contribution in [0.2, 0.25) is 0 Å². The van der Waals surface area contributed by atoms with Crippen molar-refractivity contribution >= 4 is 11.9 Å². The van der Waals surface area contributed by atoms with Gasteiger partial charge in [0.25, 0.3) is 0 Å². The Hall–Kier alpha value is -2.34. The van der Waals surface area contributed by atoms with E-state index in [1.807, 2.05) is 18.2 Å². The van der Waals surface area contributed by atoms with Crippen molar-refractivity contribution in [3.8, 4) is 6.07 Å². The van der Waals surface area contributed by atoms with E-state index in [4.69, 9.17) is 10.00 Å². The average Bonchev–Trinajstić information content (AvgIpc) is 2.61. The number of allylic oxidation sites excluding steroid dienone is 1. The number of ether oxygens (including phenoxy) is 1. The van der Waals surface area contributed by atoms with Crippen LogP contribution in [0.4, 0.5) is 0 Å². The van der Waals surface area contributed by atoms with E-state index >= 15 is 0 Å². The Morgan fingerprint density at radius 2 is 2.11 bits per heavy atom. The SMILES string of the molecule is CC1(C)OC(/C=C/c2cccc(C#N)c2)=CC1=O. The fourth-order valence-corrected chi connectivity index (χ4v) is 1.65. The van der Waals surface area contributed by atoms with Crippen LogP contribution in [0.15, 0.2) is 42.2 Å². The molecule has 1 aromatic carbocycles. The highest BCUT2D eigenvalue weighted by atomic mass is 16.5. The van der Waals surface area contributed by atoms with E-state index < -0.39 is 5.60 Å². The number of hydrogen-bond donors (Lipinski definition) is 0. The Bertz CT molecular complexity index is 589. The Kier molecular flexibility index (Phi) is 3.03. The third kappa shape index (κ3) is 2.49. The zero-order valence-electron chi connectivity index (χ0n) is 10.3. The van der Waals surface area contributed by atoms with Crippen molar-refractivity contribution in [1.29, 1.82) is 5.26 Å². The molecule has 0 unspecified atom stereocenters. The van der Waals surface area contributed by atoms with Gasteiger partial charge in [0.15, 0.2) is 5.60 Å². The molecule has 0 aliphatic carbocycles. The lowest BCUT2D eigenvalue weighted by atomic mass is 10.1. The quantitative estimate of drug-likeness (QED) is 0.797. The smallest absolute Gasteiger partial charge is 0.202 e. The first-order valence-electron chi connectivity index (χ1n) is 5.65. The number of rotatable bonds is 2. The molecule has 0 bridgehead atoms. The van der Waals surface area contributed by atoms with Crippen LogP contribution in [-0.2, 0) is 9.53 Å². The first-order chi connectivity index (χ1) is 8.51. The standard InChI is InChI=1S/C15H13NO2/c1-15(2)14(17)9-13(18-15)7-6-11-4-3-5-12(8-11)10-16/h3-9H,1-2H3/b7-6+. The molecule has 3 heteroatoms. The molecule has 0 N–H and O–H groups in total. The van der Waals surface area contributed by atoms with Gasteiger partial charge < -0.3 is 4.74 Å². The lowest BCUT2D eigenvalue weighted by Gasteiger charge is -2.16. The zero-order valence-corrected chi connectivity index (χ0v) is 10.3. The van der Waals surface area contributed by atoms with Gasteiger partial charge in [0, 0.05) is 6.08 Å². The van der Waals surface area contributed by atoms with Crippen LogP contribution < -0.4 is 0 Å². The first-order valence-corrected chi connectivity index (χ1v) is 5.65. The maximum absolute atomic E-state index is 11.5. The molecule has 0 spiro atoms. The van der Waals surface area contributed by atoms with E-state index in [1.54, 1.807) is 32.1 Å². The van der Waals surface area contributed by atoms with Crippen molar-refractivity contribution in [3.05, 3.63) is 53.3 Å². The van der Waals surface area contributed by atoms with Crippen LogP contribution in [0.1, 0.15) is 25.0 Å². The van der Waals surface area contributed by atoms with Gasteiger partial charge in [-0.15, -0.1) is 0 Å². The second-order valence-electron chi connectivity index (χ2n) is 4.59. The van der Waals surface area contributed by atoms with E-state index in [0.717, 1.165) is 5.56 Å². The molecule has 2 rings (SSSR count). The summed E-state index contributed by atoms with van der Waals surface area (Å²) in [5, 5.41) is 8.79. The summed E-state index contributed by atoms with van der Waals surface area (Å²) in [4.78, 5) is 11.5. The molecule has 0 fully saturated rings. The summed E-state index contributed by atoms with van der Waals surface area (Å²) in [6.07, 6.45) is 5.05. The van der Waals surface area contributed by atoms with Crippen molar-refractivity contribution in [3.63, 3.8) is 0 Å². The summed E-state index contributed by atoms with van der Waals surface area (Å²) < 4.78 is 5.50. The van der Waals surface area contributed by atoms with Crippen LogP contribution in [0.25, 0.3) is 6.08 Å². The maximum atomic E-state index is 11.5. The predicted octanol–water partition coefficient (Wildman–Crippen LogP) is 2.83. The monoisotopic (exact) mass is 239 g/mol. The molecule has 90 valence electrons. The molecule has 1 aliphatic heterocycles. The predicted molar refractivity (Wildman–Crippen MR) is 68.4 cm³/mol. The molecule has 1 aromatic rings. The van der Waals surface area contributed by atoms with Gasteiger partial charge in [0.2, 0.25) is 5.78 Å². The van der Waals surface area contributed by atoms with Crippen molar-refractivity contribution in [2.75, 3.05) is 0 Å². The second-order valence-corrected chi connectivity index (χ2v) is 4.59. The Labute approximate surface area is 106 Å². The van der Waals surface area contributed by atoms with Crippen LogP contribution in [0.3, 0.4) is 0 Å². The number of ketones is 1. The van der Waals surface area contributed by atoms with Gasteiger partial charge >= 0.3 is 0 Å². The van der Waals surface area contributed by atoms with Crippen LogP contribution in [0.5, 0.6) is 0 Å². The molecule has 0 radical (unpaired) electrons. The molecule has 0 aromatic heterocycles. The molecule has 18 heavy (non-hydrogen) atoms. The first kappa shape index (κ1) is 12.1. The molecule has 1 aliphatic rings. The summed E-state index contributed by atoms with van der Waals surface area (Å²) in [6.45, 7) is 3.48. The summed E-state index contributed by atoms with van der Waals surface area (Å²) in [5.74, 6) is 0.514. The van der Waals surface area contributed by atoms with Gasteiger partial charge in [-0.1, -0.05) is 18.2 Å². The minimum atomic E-state index is -0.770. The third-order valence-corrected chi connectivity index (χ3v) is 2.70. The fraction of sp³-hybridized carbons (Fsp3) is 0.200. The molecule has 1 heterocycles. The number of hydrogen-bond acceptors (Lipinski definition) is 3. The molecule has 0 saturated heterocycles. The summed E-state index contributed by atoms with van der Waals surface area (Å²) >= 11 is 0. The molecule has 0 atom stereocenters. The van der Waals surface area contributed by atoms with Crippen molar-refractivity contribution < 1.29 is 9.53 Å². The zero-order chi connectivity index (χ0) is 13.2. The Morgan fingerprint density at radius 3 is 2.72 bits per heavy atom. The highest BCUT2D eigenvalue weighted by molar-refractivity contribution is 5.99. The number of carbonyl (C=O) groups excluding carboxylic acids is 1. The lowest BCUT2D eigenvalue weighted by molar-refractivity contribution is -0.126. The van der Waals surface area contributed by atoms with Crippen molar-refractivity contribution in [1.82, 2.24) is 0 Å². The van der Waals surface area contributed by atoms with Gasteiger partial charge in [0.05, 0.1) is 11.6 Å². The molecule has 0 amide bonds. The number of benzene rings is 1. The largest absolute Gasteiger partial charge is 0.480 e. The summed E-state index contributed by atoms with van der Waals surface area (Å²) in [5.41, 5.74) is 0.736. The number of nitriles is 1. The molecule has 0 saturated carbocycles. The Balaban J connectivity index is 2.16. The number of carbonyl (C=O) groups is 1. The number of nitrogens with zero attached hydrogens (tertiary/aromatic N) is 1. The van der Waals surface area contributed by atoms with E-state index in [0.29, 0.717) is 11.3 Å². The fourth-order valence-electron chi connectivity index (χ4n) is 1.65. The molecular formula is C15H13NO2. The van der Waals surface area contributed by atoms with Crippen LogP contribution in [0, 0.1) is 11.3 Å². The topological polar surface area (TPSA) is 50.1 Å². The van der Waals surface area contributed by atoms with Gasteiger partial charge in [-0.2, -0.15) is 5.26 Å². The summed E-state index contributed by atoms with van der Waals surface area (Å²) in [6, 6.07) is 9.31. The Morgan fingerprint density at radius 1 is 1.33 bits per heavy atom. The highest BCUT2D eigenvalue weighted by Gasteiger charge is 2.33. The third-order valence-electron chi connectivity index (χ3n) is 2.70. The maximum Gasteiger partial charge on any atom is 0.202 e. The van der Waals surface area contributed by atoms with E-state index in [-0.39, 0.29) is 5.78 Å². The lowest BCUT2D eigenvalue weighted by Crippen LogP contribution is -2.27. The van der Waals surface area contributed by atoms with Gasteiger partial charge in [-0.3, -0.25) is 4.79 Å². The molecular weight excluding hydrogens is 226 g/mol. The van der Waals surface area contributed by atoms with E-state index in [9.17, 15) is 4.79 Å². The average molecular weight is 239 g/mol. The van der Waals surface area contributed by atoms with E-state index in [1.165, 1.54) is 6.08 Å². The normalized spacial score (nSPS) is 17.4. The van der Waals surface area contributed by atoms with Gasteiger partial charge in [-0.05, 0) is 37.6 Å². The van der Waals surface area contributed by atoms with Crippen molar-refractivity contribution in [2.24, 2.45) is 0 Å².